The van der Waals surface area contributed by atoms with E-state index in [0.717, 1.165) is 55.9 Å². The summed E-state index contributed by atoms with van der Waals surface area (Å²) in [6, 6.07) is 41.2. The normalized spacial score (nSPS) is 11.3. The van der Waals surface area contributed by atoms with Crippen LogP contribution in [0.1, 0.15) is 28.4 Å². The second kappa shape index (κ2) is 11.1. The monoisotopic (exact) mass is 493 g/mol. The SMILES string of the molecule is CC(=CC(=O)c1c(-c2ccccc2)cc(-c2ccccc2)cc1-c1ccccc1)Nc1c(C)cccc1C. The molecule has 0 aromatic heterocycles. The van der Waals surface area contributed by atoms with Crippen molar-refractivity contribution in [1.29, 1.82) is 0 Å². The van der Waals surface area contributed by atoms with Crippen molar-refractivity contribution < 1.29 is 4.79 Å². The fourth-order valence-electron chi connectivity index (χ4n) is 4.91. The number of hydrogen-bond acceptors (Lipinski definition) is 2. The molecule has 0 heterocycles. The van der Waals surface area contributed by atoms with E-state index in [0.29, 0.717) is 5.56 Å². The topological polar surface area (TPSA) is 29.1 Å². The number of anilines is 1. The van der Waals surface area contributed by atoms with Crippen LogP contribution in [0.3, 0.4) is 0 Å². The van der Waals surface area contributed by atoms with E-state index in [-0.39, 0.29) is 5.78 Å². The van der Waals surface area contributed by atoms with Crippen molar-refractivity contribution in [2.45, 2.75) is 20.8 Å². The first-order valence-electron chi connectivity index (χ1n) is 12.9. The molecular weight excluding hydrogens is 462 g/mol. The summed E-state index contributed by atoms with van der Waals surface area (Å²) in [5.74, 6) is -0.0291. The average Bonchev–Trinajstić information content (AvgIpc) is 2.96. The molecule has 0 fully saturated rings. The number of benzene rings is 5. The van der Waals surface area contributed by atoms with Gasteiger partial charge in [-0.2, -0.15) is 0 Å². The summed E-state index contributed by atoms with van der Waals surface area (Å²) in [5, 5.41) is 3.48. The number of hydrogen-bond donors (Lipinski definition) is 1. The van der Waals surface area contributed by atoms with Gasteiger partial charge in [-0.3, -0.25) is 4.79 Å². The average molecular weight is 494 g/mol. The maximum absolute atomic E-state index is 14.1. The minimum Gasteiger partial charge on any atom is -0.359 e. The standard InChI is InChI=1S/C36H31NO/c1-25-14-13-15-26(2)36(25)37-27(3)22-34(38)35-32(29-18-9-5-10-19-29)23-31(28-16-7-4-8-17-28)24-33(35)30-20-11-6-12-21-30/h4-24,37H,1-3H3. The summed E-state index contributed by atoms with van der Waals surface area (Å²) in [5.41, 5.74) is 10.9. The zero-order valence-electron chi connectivity index (χ0n) is 22.0. The first-order valence-corrected chi connectivity index (χ1v) is 12.9. The van der Waals surface area contributed by atoms with Gasteiger partial charge in [0.15, 0.2) is 5.78 Å². The Balaban J connectivity index is 1.70. The number of nitrogens with one attached hydrogen (secondary N) is 1. The number of rotatable bonds is 7. The Labute approximate surface area is 225 Å². The molecule has 0 unspecified atom stereocenters. The molecule has 0 aliphatic rings. The first kappa shape index (κ1) is 25.0. The number of carbonyl (C=O) groups is 1. The Morgan fingerprint density at radius 2 is 1.03 bits per heavy atom. The number of allylic oxidation sites excluding steroid dienone is 2. The highest BCUT2D eigenvalue weighted by atomic mass is 16.1. The van der Waals surface area contributed by atoms with Crippen molar-refractivity contribution in [2.24, 2.45) is 0 Å². The van der Waals surface area contributed by atoms with E-state index >= 15 is 0 Å². The molecule has 0 aliphatic carbocycles. The van der Waals surface area contributed by atoms with E-state index < -0.39 is 0 Å². The van der Waals surface area contributed by atoms with Gasteiger partial charge in [0.1, 0.15) is 0 Å². The van der Waals surface area contributed by atoms with Crippen LogP contribution >= 0.6 is 0 Å². The molecule has 2 nitrogen and oxygen atoms in total. The van der Waals surface area contributed by atoms with Gasteiger partial charge in [-0.15, -0.1) is 0 Å². The van der Waals surface area contributed by atoms with Gasteiger partial charge < -0.3 is 5.32 Å². The molecule has 186 valence electrons. The molecule has 0 saturated carbocycles. The fraction of sp³-hybridized carbons (Fsp3) is 0.0833. The third kappa shape index (κ3) is 5.35. The van der Waals surface area contributed by atoms with Crippen LogP contribution in [0.4, 0.5) is 5.69 Å². The Bertz CT molecular complexity index is 1520. The molecular formula is C36H31NO. The lowest BCUT2D eigenvalue weighted by Crippen LogP contribution is -2.07. The summed E-state index contributed by atoms with van der Waals surface area (Å²) in [6.45, 7) is 6.11. The molecule has 2 heteroatoms. The summed E-state index contributed by atoms with van der Waals surface area (Å²) in [7, 11) is 0. The van der Waals surface area contributed by atoms with Gasteiger partial charge >= 0.3 is 0 Å². The second-order valence-corrected chi connectivity index (χ2v) is 9.63. The molecule has 5 aromatic rings. The highest BCUT2D eigenvalue weighted by Crippen LogP contribution is 2.38. The Morgan fingerprint density at radius 1 is 0.579 bits per heavy atom. The summed E-state index contributed by atoms with van der Waals surface area (Å²) in [6.07, 6.45) is 1.72. The number of carbonyl (C=O) groups excluding carboxylic acids is 1. The van der Waals surface area contributed by atoms with Gasteiger partial charge in [0.25, 0.3) is 0 Å². The van der Waals surface area contributed by atoms with Crippen molar-refractivity contribution in [3.63, 3.8) is 0 Å². The smallest absolute Gasteiger partial charge is 0.188 e. The first-order chi connectivity index (χ1) is 18.5. The minimum absolute atomic E-state index is 0.0291. The highest BCUT2D eigenvalue weighted by molar-refractivity contribution is 6.14. The molecule has 38 heavy (non-hydrogen) atoms. The number of para-hydroxylation sites is 1. The zero-order chi connectivity index (χ0) is 26.5. The van der Waals surface area contributed by atoms with Gasteiger partial charge in [-0.1, -0.05) is 109 Å². The molecule has 0 atom stereocenters. The predicted octanol–water partition coefficient (Wildman–Crippen LogP) is 9.50. The van der Waals surface area contributed by atoms with Gasteiger partial charge in [0, 0.05) is 23.0 Å². The summed E-state index contributed by atoms with van der Waals surface area (Å²) < 4.78 is 0. The second-order valence-electron chi connectivity index (χ2n) is 9.63. The van der Waals surface area contributed by atoms with Crippen LogP contribution < -0.4 is 5.32 Å². The lowest BCUT2D eigenvalue weighted by atomic mass is 9.86. The van der Waals surface area contributed by atoms with Crippen molar-refractivity contribution in [2.75, 3.05) is 5.32 Å². The van der Waals surface area contributed by atoms with Crippen molar-refractivity contribution in [3.05, 3.63) is 150 Å². The molecule has 0 radical (unpaired) electrons. The molecule has 0 aliphatic heterocycles. The van der Waals surface area contributed by atoms with Crippen molar-refractivity contribution in [1.82, 2.24) is 0 Å². The van der Waals surface area contributed by atoms with E-state index in [1.165, 1.54) is 0 Å². The lowest BCUT2D eigenvalue weighted by Gasteiger charge is -2.18. The Hall–Kier alpha value is -4.69. The zero-order valence-corrected chi connectivity index (χ0v) is 22.0. The molecule has 0 bridgehead atoms. The number of ketones is 1. The van der Waals surface area contributed by atoms with E-state index in [1.807, 2.05) is 67.6 Å². The molecule has 1 N–H and O–H groups in total. The van der Waals surface area contributed by atoms with Gasteiger partial charge in [-0.25, -0.2) is 0 Å². The largest absolute Gasteiger partial charge is 0.359 e. The van der Waals surface area contributed by atoms with Crippen LogP contribution in [-0.2, 0) is 0 Å². The van der Waals surface area contributed by atoms with Crippen LogP contribution in [0.5, 0.6) is 0 Å². The molecule has 0 saturated heterocycles. The summed E-state index contributed by atoms with van der Waals surface area (Å²) >= 11 is 0. The van der Waals surface area contributed by atoms with Crippen LogP contribution in [0.2, 0.25) is 0 Å². The molecule has 0 spiro atoms. The summed E-state index contributed by atoms with van der Waals surface area (Å²) in [4.78, 5) is 14.1. The lowest BCUT2D eigenvalue weighted by molar-refractivity contribution is 0.104. The minimum atomic E-state index is -0.0291. The quantitative estimate of drug-likeness (QED) is 0.181. The maximum Gasteiger partial charge on any atom is 0.188 e. The van der Waals surface area contributed by atoms with Crippen LogP contribution in [0, 0.1) is 13.8 Å². The van der Waals surface area contributed by atoms with Crippen LogP contribution in [0.15, 0.2) is 133 Å². The number of aryl methyl sites for hydroxylation is 2. The predicted molar refractivity (Wildman–Crippen MR) is 160 cm³/mol. The van der Waals surface area contributed by atoms with Crippen LogP contribution in [-0.4, -0.2) is 5.78 Å². The van der Waals surface area contributed by atoms with Gasteiger partial charge in [0.05, 0.1) is 0 Å². The molecule has 5 rings (SSSR count). The van der Waals surface area contributed by atoms with Crippen molar-refractivity contribution in [3.8, 4) is 33.4 Å². The molecule has 5 aromatic carbocycles. The fourth-order valence-corrected chi connectivity index (χ4v) is 4.91. The van der Waals surface area contributed by atoms with E-state index in [4.69, 9.17) is 0 Å². The van der Waals surface area contributed by atoms with E-state index in [9.17, 15) is 4.79 Å². The van der Waals surface area contributed by atoms with E-state index in [2.05, 4.69) is 79.8 Å². The molecule has 0 amide bonds. The van der Waals surface area contributed by atoms with Crippen molar-refractivity contribution >= 4 is 11.5 Å². The van der Waals surface area contributed by atoms with Gasteiger partial charge in [-0.05, 0) is 77.4 Å². The highest BCUT2D eigenvalue weighted by Gasteiger charge is 2.20. The third-order valence-electron chi connectivity index (χ3n) is 6.81. The van der Waals surface area contributed by atoms with Crippen LogP contribution in [0.25, 0.3) is 33.4 Å². The van der Waals surface area contributed by atoms with Gasteiger partial charge in [0.2, 0.25) is 0 Å². The Kier molecular flexibility index (Phi) is 7.33. The third-order valence-corrected chi connectivity index (χ3v) is 6.81. The Morgan fingerprint density at radius 3 is 1.50 bits per heavy atom. The maximum atomic E-state index is 14.1. The van der Waals surface area contributed by atoms with E-state index in [1.54, 1.807) is 6.08 Å².